The fraction of sp³-hybridized carbons (Fsp3) is 0.158. The number of rotatable bonds is 6. The number of nitrogen functional groups attached to an aromatic ring is 1. The molecule has 29 heavy (non-hydrogen) atoms. The van der Waals surface area contributed by atoms with Gasteiger partial charge in [-0.15, -0.1) is 11.3 Å². The minimum atomic E-state index is -0.225. The van der Waals surface area contributed by atoms with E-state index in [0.29, 0.717) is 21.5 Å². The number of methoxy groups -OCH3 is 1. The Hall–Kier alpha value is -3.08. The molecule has 0 bridgehead atoms. The van der Waals surface area contributed by atoms with Crippen molar-refractivity contribution in [2.45, 2.75) is 6.54 Å². The standard InChI is InChI=1S/C19H18N6O2S2/c1-21-9-10-7-12(27-2)16-15(8-10)29-19(24-16)25-17(26)14-4-3-13(28-14)11-5-6-22-18(20)23-11/h3-8,21H,9H2,1-2H3,(H2,20,22,23)(H,24,25,26). The number of nitrogens with zero attached hydrogens (tertiary/aromatic N) is 3. The third kappa shape index (κ3) is 4.04. The lowest BCUT2D eigenvalue weighted by atomic mass is 10.2. The van der Waals surface area contributed by atoms with E-state index in [-0.39, 0.29) is 11.9 Å². The van der Waals surface area contributed by atoms with Gasteiger partial charge in [-0.05, 0) is 42.9 Å². The van der Waals surface area contributed by atoms with E-state index in [4.69, 9.17) is 10.5 Å². The Morgan fingerprint density at radius 3 is 2.83 bits per heavy atom. The number of nitrogens with one attached hydrogen (secondary N) is 2. The molecule has 3 aromatic heterocycles. The highest BCUT2D eigenvalue weighted by atomic mass is 32.1. The summed E-state index contributed by atoms with van der Waals surface area (Å²) in [5.74, 6) is 0.656. The van der Waals surface area contributed by atoms with Crippen molar-refractivity contribution in [1.29, 1.82) is 0 Å². The zero-order valence-electron chi connectivity index (χ0n) is 15.7. The van der Waals surface area contributed by atoms with Gasteiger partial charge in [0.05, 0.1) is 27.3 Å². The SMILES string of the molecule is CNCc1cc(OC)c2nc(NC(=O)c3ccc(-c4ccnc(N)n4)s3)sc2c1. The molecule has 0 atom stereocenters. The van der Waals surface area contributed by atoms with Crippen molar-refractivity contribution < 1.29 is 9.53 Å². The number of ether oxygens (including phenoxy) is 1. The van der Waals surface area contributed by atoms with Crippen LogP contribution in [0.2, 0.25) is 0 Å². The zero-order chi connectivity index (χ0) is 20.4. The van der Waals surface area contributed by atoms with Crippen molar-refractivity contribution in [3.8, 4) is 16.3 Å². The number of hydrogen-bond donors (Lipinski definition) is 3. The van der Waals surface area contributed by atoms with Gasteiger partial charge in [0.2, 0.25) is 5.95 Å². The van der Waals surface area contributed by atoms with E-state index >= 15 is 0 Å². The minimum absolute atomic E-state index is 0.197. The molecule has 1 amide bonds. The van der Waals surface area contributed by atoms with Gasteiger partial charge in [-0.2, -0.15) is 0 Å². The summed E-state index contributed by atoms with van der Waals surface area (Å²) in [6.45, 7) is 0.720. The largest absolute Gasteiger partial charge is 0.494 e. The van der Waals surface area contributed by atoms with Crippen LogP contribution >= 0.6 is 22.7 Å². The number of carbonyl (C=O) groups excluding carboxylic acids is 1. The molecule has 8 nitrogen and oxygen atoms in total. The van der Waals surface area contributed by atoms with Gasteiger partial charge in [-0.1, -0.05) is 11.3 Å². The molecule has 0 fully saturated rings. The van der Waals surface area contributed by atoms with E-state index in [1.807, 2.05) is 25.2 Å². The topological polar surface area (TPSA) is 115 Å². The predicted octanol–water partition coefficient (Wildman–Crippen LogP) is 3.38. The maximum atomic E-state index is 12.7. The Labute approximate surface area is 174 Å². The van der Waals surface area contributed by atoms with Crippen molar-refractivity contribution in [2.24, 2.45) is 0 Å². The van der Waals surface area contributed by atoms with Crippen LogP contribution in [0.1, 0.15) is 15.2 Å². The number of fused-ring (bicyclic) bond motifs is 1. The molecular weight excluding hydrogens is 408 g/mol. The van der Waals surface area contributed by atoms with Crippen molar-refractivity contribution in [1.82, 2.24) is 20.3 Å². The molecular formula is C19H18N6O2S2. The molecule has 0 unspecified atom stereocenters. The highest BCUT2D eigenvalue weighted by molar-refractivity contribution is 7.22. The summed E-state index contributed by atoms with van der Waals surface area (Å²) in [7, 11) is 3.50. The summed E-state index contributed by atoms with van der Waals surface area (Å²) in [4.78, 5) is 26.7. The monoisotopic (exact) mass is 426 g/mol. The molecule has 1 aromatic carbocycles. The average Bonchev–Trinajstić information content (AvgIpc) is 3.34. The van der Waals surface area contributed by atoms with Crippen molar-refractivity contribution in [3.05, 3.63) is 47.0 Å². The van der Waals surface area contributed by atoms with Crippen LogP contribution in [-0.2, 0) is 6.54 Å². The molecule has 0 aliphatic carbocycles. The number of aromatic nitrogens is 3. The molecule has 148 valence electrons. The van der Waals surface area contributed by atoms with E-state index in [9.17, 15) is 4.79 Å². The smallest absolute Gasteiger partial charge is 0.267 e. The zero-order valence-corrected chi connectivity index (χ0v) is 17.4. The van der Waals surface area contributed by atoms with Crippen molar-refractivity contribution in [2.75, 3.05) is 25.2 Å². The van der Waals surface area contributed by atoms with Crippen LogP contribution in [0.4, 0.5) is 11.1 Å². The fourth-order valence-corrected chi connectivity index (χ4v) is 4.65. The van der Waals surface area contributed by atoms with Gasteiger partial charge in [0, 0.05) is 12.7 Å². The van der Waals surface area contributed by atoms with E-state index in [1.54, 1.807) is 25.4 Å². The number of carbonyl (C=O) groups is 1. The van der Waals surface area contributed by atoms with Crippen molar-refractivity contribution >= 4 is 49.9 Å². The Balaban J connectivity index is 1.58. The van der Waals surface area contributed by atoms with E-state index < -0.39 is 0 Å². The number of amides is 1. The quantitative estimate of drug-likeness (QED) is 0.433. The molecule has 10 heteroatoms. The highest BCUT2D eigenvalue weighted by Gasteiger charge is 2.16. The number of nitrogens with two attached hydrogens (primary N) is 1. The summed E-state index contributed by atoms with van der Waals surface area (Å²) in [6.07, 6.45) is 1.59. The first-order valence-electron chi connectivity index (χ1n) is 8.69. The molecule has 0 radical (unpaired) electrons. The molecule has 4 rings (SSSR count). The van der Waals surface area contributed by atoms with Gasteiger partial charge in [0.1, 0.15) is 11.3 Å². The van der Waals surface area contributed by atoms with Gasteiger partial charge in [0.15, 0.2) is 5.13 Å². The van der Waals surface area contributed by atoms with Gasteiger partial charge in [0.25, 0.3) is 5.91 Å². The summed E-state index contributed by atoms with van der Waals surface area (Å²) in [5.41, 5.74) is 8.14. The van der Waals surface area contributed by atoms with Gasteiger partial charge < -0.3 is 15.8 Å². The molecule has 0 saturated heterocycles. The number of thiazole rings is 1. The van der Waals surface area contributed by atoms with E-state index in [2.05, 4.69) is 25.6 Å². The third-order valence-electron chi connectivity index (χ3n) is 4.10. The second-order valence-corrected chi connectivity index (χ2v) is 8.23. The maximum absolute atomic E-state index is 12.7. The van der Waals surface area contributed by atoms with Gasteiger partial charge in [-0.25, -0.2) is 15.0 Å². The molecule has 0 aliphatic rings. The van der Waals surface area contributed by atoms with Crippen LogP contribution in [0.15, 0.2) is 36.5 Å². The van der Waals surface area contributed by atoms with Crippen LogP contribution < -0.4 is 21.1 Å². The normalized spacial score (nSPS) is 11.0. The summed E-state index contributed by atoms with van der Waals surface area (Å²) in [6, 6.07) is 9.35. The maximum Gasteiger partial charge on any atom is 0.267 e. The summed E-state index contributed by atoms with van der Waals surface area (Å²) in [5, 5.41) is 6.52. The number of anilines is 2. The van der Waals surface area contributed by atoms with Crippen LogP contribution in [0, 0.1) is 0 Å². The molecule has 4 N–H and O–H groups in total. The number of thiophene rings is 1. The first-order chi connectivity index (χ1) is 14.1. The lowest BCUT2D eigenvalue weighted by Crippen LogP contribution is -2.09. The van der Waals surface area contributed by atoms with Crippen LogP contribution in [0.5, 0.6) is 5.75 Å². The van der Waals surface area contributed by atoms with Crippen LogP contribution in [0.3, 0.4) is 0 Å². The van der Waals surface area contributed by atoms with Gasteiger partial charge >= 0.3 is 0 Å². The second-order valence-electron chi connectivity index (χ2n) is 6.11. The fourth-order valence-electron chi connectivity index (χ4n) is 2.84. The Bertz CT molecular complexity index is 1190. The molecule has 0 aliphatic heterocycles. The van der Waals surface area contributed by atoms with E-state index in [0.717, 1.165) is 27.2 Å². The lowest BCUT2D eigenvalue weighted by Gasteiger charge is -2.04. The first kappa shape index (κ1) is 19.2. The predicted molar refractivity (Wildman–Crippen MR) is 117 cm³/mol. The third-order valence-corrected chi connectivity index (χ3v) is 6.12. The Morgan fingerprint density at radius 2 is 2.07 bits per heavy atom. The molecule has 3 heterocycles. The first-order valence-corrected chi connectivity index (χ1v) is 10.3. The highest BCUT2D eigenvalue weighted by Crippen LogP contribution is 2.34. The van der Waals surface area contributed by atoms with Crippen molar-refractivity contribution in [3.63, 3.8) is 0 Å². The number of benzene rings is 1. The summed E-state index contributed by atoms with van der Waals surface area (Å²) >= 11 is 2.74. The average molecular weight is 427 g/mol. The van der Waals surface area contributed by atoms with Gasteiger partial charge in [-0.3, -0.25) is 10.1 Å². The summed E-state index contributed by atoms with van der Waals surface area (Å²) < 4.78 is 6.41. The van der Waals surface area contributed by atoms with Crippen LogP contribution in [0.25, 0.3) is 20.8 Å². The Kier molecular flexibility index (Phi) is 5.38. The second kappa shape index (κ2) is 8.11. The number of hydrogen-bond acceptors (Lipinski definition) is 9. The Morgan fingerprint density at radius 1 is 1.21 bits per heavy atom. The lowest BCUT2D eigenvalue weighted by molar-refractivity contribution is 0.103. The minimum Gasteiger partial charge on any atom is -0.494 e. The van der Waals surface area contributed by atoms with Crippen LogP contribution in [-0.4, -0.2) is 35.0 Å². The molecule has 0 spiro atoms. The molecule has 0 saturated carbocycles. The van der Waals surface area contributed by atoms with E-state index in [1.165, 1.54) is 22.7 Å². The molecule has 4 aromatic rings.